The van der Waals surface area contributed by atoms with Gasteiger partial charge in [-0.05, 0) is 60.7 Å². The zero-order valence-corrected chi connectivity index (χ0v) is 17.8. The molecule has 0 amide bonds. The molecule has 152 valence electrons. The topological polar surface area (TPSA) is 35.5 Å². The molecule has 0 N–H and O–H groups in total. The molecule has 0 aliphatic rings. The van der Waals surface area contributed by atoms with Gasteiger partial charge in [0.25, 0.3) is 0 Å². The standard InChI is InChI=1S/C26H24O3S/c1-3-26(27)29-21-12-14-23-22-13-11-20(16-24(22)30-25(23)17-21)19-9-7-18(8-10-19)6-5-15-28-4-2/h3,7-14,16-17H,1,4-6,15H2,2H3. The molecule has 3 nitrogen and oxygen atoms in total. The minimum absolute atomic E-state index is 0.445. The lowest BCUT2D eigenvalue weighted by Crippen LogP contribution is -2.02. The van der Waals surface area contributed by atoms with Crippen molar-refractivity contribution in [3.8, 4) is 16.9 Å². The van der Waals surface area contributed by atoms with E-state index in [2.05, 4.69) is 49.0 Å². The first kappa shape index (κ1) is 20.3. The first-order chi connectivity index (χ1) is 14.7. The molecule has 0 bridgehead atoms. The third-order valence-electron chi connectivity index (χ3n) is 5.08. The average molecular weight is 417 g/mol. The maximum absolute atomic E-state index is 11.5. The van der Waals surface area contributed by atoms with Crippen molar-refractivity contribution in [3.05, 3.63) is 78.9 Å². The minimum Gasteiger partial charge on any atom is -0.423 e. The second-order valence-corrected chi connectivity index (χ2v) is 8.18. The molecule has 4 aromatic rings. The third kappa shape index (κ3) is 4.45. The molecule has 0 radical (unpaired) electrons. The number of ether oxygens (including phenoxy) is 2. The normalized spacial score (nSPS) is 11.1. The maximum Gasteiger partial charge on any atom is 0.335 e. The van der Waals surface area contributed by atoms with Crippen molar-refractivity contribution in [3.63, 3.8) is 0 Å². The molecule has 1 heterocycles. The summed E-state index contributed by atoms with van der Waals surface area (Å²) in [5.74, 6) is 0.0955. The van der Waals surface area contributed by atoms with Crippen LogP contribution in [-0.2, 0) is 16.0 Å². The second-order valence-electron chi connectivity index (χ2n) is 7.09. The highest BCUT2D eigenvalue weighted by atomic mass is 32.1. The zero-order valence-electron chi connectivity index (χ0n) is 17.0. The Morgan fingerprint density at radius 1 is 0.967 bits per heavy atom. The van der Waals surface area contributed by atoms with Crippen LogP contribution in [-0.4, -0.2) is 19.2 Å². The van der Waals surface area contributed by atoms with E-state index in [0.29, 0.717) is 5.75 Å². The van der Waals surface area contributed by atoms with E-state index in [-0.39, 0.29) is 0 Å². The number of thiophene rings is 1. The quantitative estimate of drug-likeness (QED) is 0.137. The minimum atomic E-state index is -0.445. The van der Waals surface area contributed by atoms with Gasteiger partial charge < -0.3 is 9.47 Å². The van der Waals surface area contributed by atoms with Crippen molar-refractivity contribution in [1.29, 1.82) is 0 Å². The Morgan fingerprint density at radius 2 is 1.67 bits per heavy atom. The molecule has 0 fully saturated rings. The summed E-state index contributed by atoms with van der Waals surface area (Å²) in [6, 6.07) is 21.1. The van der Waals surface area contributed by atoms with E-state index in [9.17, 15) is 4.79 Å². The fourth-order valence-electron chi connectivity index (χ4n) is 3.54. The molecule has 4 heteroatoms. The first-order valence-corrected chi connectivity index (χ1v) is 11.0. The van der Waals surface area contributed by atoms with Crippen molar-refractivity contribution in [2.75, 3.05) is 13.2 Å². The highest BCUT2D eigenvalue weighted by Crippen LogP contribution is 2.38. The molecular weight excluding hydrogens is 392 g/mol. The number of hydrogen-bond donors (Lipinski definition) is 0. The number of carbonyl (C=O) groups excluding carboxylic acids is 1. The van der Waals surface area contributed by atoms with Crippen molar-refractivity contribution in [2.45, 2.75) is 19.8 Å². The predicted octanol–water partition coefficient (Wildman–Crippen LogP) is 6.78. The van der Waals surface area contributed by atoms with Crippen molar-refractivity contribution < 1.29 is 14.3 Å². The fraction of sp³-hybridized carbons (Fsp3) is 0.192. The lowest BCUT2D eigenvalue weighted by molar-refractivity contribution is -0.128. The molecule has 1 aromatic heterocycles. The van der Waals surface area contributed by atoms with Crippen LogP contribution in [0.25, 0.3) is 31.3 Å². The van der Waals surface area contributed by atoms with Gasteiger partial charge in [-0.3, -0.25) is 0 Å². The van der Waals surface area contributed by atoms with Gasteiger partial charge in [-0.1, -0.05) is 43.0 Å². The van der Waals surface area contributed by atoms with E-state index in [1.54, 1.807) is 11.3 Å². The molecule has 4 rings (SSSR count). The van der Waals surface area contributed by atoms with Gasteiger partial charge in [0.1, 0.15) is 5.75 Å². The van der Waals surface area contributed by atoms with E-state index < -0.39 is 5.97 Å². The highest BCUT2D eigenvalue weighted by molar-refractivity contribution is 7.25. The number of benzene rings is 3. The van der Waals surface area contributed by atoms with Gasteiger partial charge >= 0.3 is 5.97 Å². The Hall–Kier alpha value is -2.95. The zero-order chi connectivity index (χ0) is 20.9. The fourth-order valence-corrected chi connectivity index (χ4v) is 4.72. The number of fused-ring (bicyclic) bond motifs is 3. The number of hydrogen-bond acceptors (Lipinski definition) is 4. The average Bonchev–Trinajstić information content (AvgIpc) is 3.14. The van der Waals surface area contributed by atoms with Crippen LogP contribution in [0.3, 0.4) is 0 Å². The number of carbonyl (C=O) groups is 1. The molecular formula is C26H24O3S. The monoisotopic (exact) mass is 416 g/mol. The van der Waals surface area contributed by atoms with Crippen LogP contribution in [0.2, 0.25) is 0 Å². The van der Waals surface area contributed by atoms with Crippen molar-refractivity contribution in [2.24, 2.45) is 0 Å². The van der Waals surface area contributed by atoms with Crippen LogP contribution in [0.5, 0.6) is 5.75 Å². The van der Waals surface area contributed by atoms with Gasteiger partial charge in [0, 0.05) is 39.5 Å². The van der Waals surface area contributed by atoms with Crippen molar-refractivity contribution in [1.82, 2.24) is 0 Å². The number of aryl methyl sites for hydroxylation is 1. The lowest BCUT2D eigenvalue weighted by atomic mass is 10.0. The molecule has 0 unspecified atom stereocenters. The summed E-state index contributed by atoms with van der Waals surface area (Å²) in [7, 11) is 0. The molecule has 0 aliphatic heterocycles. The van der Waals surface area contributed by atoms with Crippen LogP contribution in [0.15, 0.2) is 73.3 Å². The maximum atomic E-state index is 11.5. The Kier molecular flexibility index (Phi) is 6.26. The molecule has 0 atom stereocenters. The molecule has 0 spiro atoms. The molecule has 0 aliphatic carbocycles. The van der Waals surface area contributed by atoms with Gasteiger partial charge in [-0.2, -0.15) is 0 Å². The molecule has 0 saturated carbocycles. The van der Waals surface area contributed by atoms with Gasteiger partial charge in [0.15, 0.2) is 0 Å². The number of esters is 1. The Morgan fingerprint density at radius 3 is 2.40 bits per heavy atom. The van der Waals surface area contributed by atoms with Crippen LogP contribution in [0, 0.1) is 0 Å². The van der Waals surface area contributed by atoms with E-state index in [4.69, 9.17) is 9.47 Å². The van der Waals surface area contributed by atoms with Gasteiger partial charge in [0.2, 0.25) is 0 Å². The molecule has 3 aromatic carbocycles. The van der Waals surface area contributed by atoms with Crippen molar-refractivity contribution >= 4 is 37.5 Å². The van der Waals surface area contributed by atoms with Gasteiger partial charge in [-0.15, -0.1) is 11.3 Å². The number of rotatable bonds is 8. The summed E-state index contributed by atoms with van der Waals surface area (Å²) >= 11 is 1.71. The summed E-state index contributed by atoms with van der Waals surface area (Å²) < 4.78 is 13.0. The van der Waals surface area contributed by atoms with E-state index in [1.807, 2.05) is 25.1 Å². The Balaban J connectivity index is 1.57. The third-order valence-corrected chi connectivity index (χ3v) is 6.19. The highest BCUT2D eigenvalue weighted by Gasteiger charge is 2.09. The Labute approximate surface area is 180 Å². The molecule has 0 saturated heterocycles. The first-order valence-electron chi connectivity index (χ1n) is 10.2. The van der Waals surface area contributed by atoms with E-state index in [0.717, 1.165) is 30.8 Å². The van der Waals surface area contributed by atoms with Crippen LogP contribution >= 0.6 is 11.3 Å². The summed E-state index contributed by atoms with van der Waals surface area (Å²) in [6.45, 7) is 7.06. The van der Waals surface area contributed by atoms with Crippen LogP contribution in [0.1, 0.15) is 18.9 Å². The smallest absolute Gasteiger partial charge is 0.335 e. The van der Waals surface area contributed by atoms with Gasteiger partial charge in [0.05, 0.1) is 0 Å². The lowest BCUT2D eigenvalue weighted by Gasteiger charge is -2.05. The molecule has 30 heavy (non-hydrogen) atoms. The summed E-state index contributed by atoms with van der Waals surface area (Å²) in [6.07, 6.45) is 3.26. The second kappa shape index (κ2) is 9.24. The summed E-state index contributed by atoms with van der Waals surface area (Å²) in [4.78, 5) is 11.5. The SMILES string of the molecule is C=CC(=O)Oc1ccc2c(c1)sc1cc(-c3ccc(CCCOCC)cc3)ccc12. The summed E-state index contributed by atoms with van der Waals surface area (Å²) in [5.41, 5.74) is 3.75. The predicted molar refractivity (Wildman–Crippen MR) is 125 cm³/mol. The van der Waals surface area contributed by atoms with Crippen LogP contribution in [0.4, 0.5) is 0 Å². The van der Waals surface area contributed by atoms with Gasteiger partial charge in [-0.25, -0.2) is 4.79 Å². The Bertz CT molecular complexity index is 1190. The van der Waals surface area contributed by atoms with Crippen LogP contribution < -0.4 is 4.74 Å². The van der Waals surface area contributed by atoms with E-state index >= 15 is 0 Å². The summed E-state index contributed by atoms with van der Waals surface area (Å²) in [5, 5.41) is 2.39. The van der Waals surface area contributed by atoms with E-state index in [1.165, 1.54) is 38.2 Å². The largest absolute Gasteiger partial charge is 0.423 e.